The lowest BCUT2D eigenvalue weighted by Gasteiger charge is -2.22. The number of nitrogens with zero attached hydrogens (tertiary/aromatic N) is 2. The number of rotatable bonds is 5. The quantitative estimate of drug-likeness (QED) is 0.249. The maximum absolute atomic E-state index is 13.7. The molecule has 11 heteroatoms. The maximum atomic E-state index is 13.7. The van der Waals surface area contributed by atoms with Crippen molar-refractivity contribution in [3.63, 3.8) is 0 Å². The molecular weight excluding hydrogens is 571 g/mol. The number of carbonyl (C=O) groups is 1. The fourth-order valence-electron chi connectivity index (χ4n) is 5.53. The Labute approximate surface area is 246 Å². The van der Waals surface area contributed by atoms with Crippen LogP contribution >= 0.6 is 0 Å². The molecule has 3 aromatic heterocycles. The molecule has 0 spiro atoms. The van der Waals surface area contributed by atoms with Gasteiger partial charge in [0.1, 0.15) is 35.2 Å². The standard InChI is InChI=1S/C32H25FN4O5S/c1-34-32(38)28-21-14-20(24-12-13-26-30(36-24)29-22(16-41-26)19-6-4-5-7-23(19)35-29)25(37(2)43(3,39)40)15-27(21)42-31(28)17-8-10-18(33)11-9-17/h4-15,35H,16H2,1-3H3,(H,34,38). The van der Waals surface area contributed by atoms with E-state index >= 15 is 0 Å². The van der Waals surface area contributed by atoms with Crippen LogP contribution in [0.2, 0.25) is 0 Å². The van der Waals surface area contributed by atoms with Gasteiger partial charge in [0.05, 0.1) is 28.9 Å². The zero-order valence-electron chi connectivity index (χ0n) is 23.4. The smallest absolute Gasteiger partial charge is 0.255 e. The zero-order valence-corrected chi connectivity index (χ0v) is 24.2. The Hall–Kier alpha value is -5.16. The summed E-state index contributed by atoms with van der Waals surface area (Å²) < 4.78 is 52.6. The minimum Gasteiger partial charge on any atom is -0.486 e. The molecule has 7 rings (SSSR count). The predicted molar refractivity (Wildman–Crippen MR) is 163 cm³/mol. The minimum absolute atomic E-state index is 0.231. The Morgan fingerprint density at radius 2 is 1.81 bits per heavy atom. The number of halogens is 1. The van der Waals surface area contributed by atoms with Gasteiger partial charge < -0.3 is 19.5 Å². The van der Waals surface area contributed by atoms with Crippen molar-refractivity contribution >= 4 is 43.5 Å². The molecule has 2 N–H and O–H groups in total. The Bertz CT molecular complexity index is 2200. The van der Waals surface area contributed by atoms with Gasteiger partial charge in [-0.05, 0) is 48.5 Å². The second-order valence-corrected chi connectivity index (χ2v) is 12.4. The van der Waals surface area contributed by atoms with Crippen molar-refractivity contribution in [3.8, 4) is 39.7 Å². The normalized spacial score (nSPS) is 12.6. The first kappa shape index (κ1) is 26.7. The number of para-hydroxylation sites is 1. The van der Waals surface area contributed by atoms with E-state index in [0.29, 0.717) is 45.9 Å². The number of aromatic amines is 1. The first-order valence-corrected chi connectivity index (χ1v) is 15.3. The van der Waals surface area contributed by atoms with Crippen LogP contribution in [0.1, 0.15) is 15.9 Å². The summed E-state index contributed by atoms with van der Waals surface area (Å²) in [6, 6.07) is 20.4. The van der Waals surface area contributed by atoms with Crippen LogP contribution in [0.5, 0.6) is 5.75 Å². The van der Waals surface area contributed by atoms with Crippen LogP contribution in [0.3, 0.4) is 0 Å². The lowest BCUT2D eigenvalue weighted by atomic mass is 10.00. The summed E-state index contributed by atoms with van der Waals surface area (Å²) in [6.45, 7) is 0.387. The topological polar surface area (TPSA) is 118 Å². The number of ether oxygens (including phenoxy) is 1. The molecule has 3 aromatic carbocycles. The third kappa shape index (κ3) is 4.31. The summed E-state index contributed by atoms with van der Waals surface area (Å²) >= 11 is 0. The van der Waals surface area contributed by atoms with Gasteiger partial charge in [-0.2, -0.15) is 0 Å². The molecule has 4 heterocycles. The highest BCUT2D eigenvalue weighted by atomic mass is 32.2. The van der Waals surface area contributed by atoms with Gasteiger partial charge >= 0.3 is 0 Å². The van der Waals surface area contributed by atoms with Crippen molar-refractivity contribution < 1.29 is 26.8 Å². The molecule has 0 saturated heterocycles. The second-order valence-electron chi connectivity index (χ2n) is 10.3. The van der Waals surface area contributed by atoms with Gasteiger partial charge in [0.15, 0.2) is 0 Å². The molecule has 6 aromatic rings. The van der Waals surface area contributed by atoms with E-state index in [4.69, 9.17) is 14.1 Å². The summed E-state index contributed by atoms with van der Waals surface area (Å²) in [5.74, 6) is -0.0205. The van der Waals surface area contributed by atoms with E-state index < -0.39 is 21.7 Å². The van der Waals surface area contributed by atoms with Crippen LogP contribution in [0, 0.1) is 5.82 Å². The molecule has 43 heavy (non-hydrogen) atoms. The lowest BCUT2D eigenvalue weighted by molar-refractivity contribution is 0.0964. The summed E-state index contributed by atoms with van der Waals surface area (Å²) in [7, 11) is -0.757. The van der Waals surface area contributed by atoms with E-state index in [2.05, 4.69) is 10.3 Å². The van der Waals surface area contributed by atoms with Gasteiger partial charge in [0.2, 0.25) is 10.0 Å². The number of aromatic nitrogens is 2. The molecule has 0 saturated carbocycles. The van der Waals surface area contributed by atoms with E-state index in [1.165, 1.54) is 38.4 Å². The van der Waals surface area contributed by atoms with Gasteiger partial charge in [0.25, 0.3) is 5.91 Å². The molecule has 0 fully saturated rings. The highest BCUT2D eigenvalue weighted by Gasteiger charge is 2.28. The van der Waals surface area contributed by atoms with E-state index in [9.17, 15) is 17.6 Å². The highest BCUT2D eigenvalue weighted by Crippen LogP contribution is 2.44. The van der Waals surface area contributed by atoms with E-state index in [0.717, 1.165) is 32.7 Å². The molecule has 0 unspecified atom stereocenters. The number of carbonyl (C=O) groups excluding carboxylic acids is 1. The minimum atomic E-state index is -3.71. The van der Waals surface area contributed by atoms with Crippen molar-refractivity contribution in [2.75, 3.05) is 24.7 Å². The van der Waals surface area contributed by atoms with Crippen LogP contribution in [0.15, 0.2) is 77.2 Å². The van der Waals surface area contributed by atoms with Crippen molar-refractivity contribution in [3.05, 3.63) is 89.7 Å². The number of hydrogen-bond acceptors (Lipinski definition) is 6. The number of pyridine rings is 1. The third-order valence-electron chi connectivity index (χ3n) is 7.76. The summed E-state index contributed by atoms with van der Waals surface area (Å²) in [5.41, 5.74) is 5.60. The Kier molecular flexibility index (Phi) is 6.03. The number of furan rings is 1. The number of nitrogens with one attached hydrogen (secondary N) is 2. The number of H-pyrrole nitrogens is 1. The molecule has 1 aliphatic heterocycles. The van der Waals surface area contributed by atoms with Crippen LogP contribution in [0.4, 0.5) is 10.1 Å². The van der Waals surface area contributed by atoms with E-state index in [1.54, 1.807) is 24.3 Å². The van der Waals surface area contributed by atoms with Gasteiger partial charge in [0, 0.05) is 53.1 Å². The highest BCUT2D eigenvalue weighted by molar-refractivity contribution is 7.92. The molecule has 1 aliphatic rings. The monoisotopic (exact) mass is 596 g/mol. The van der Waals surface area contributed by atoms with Gasteiger partial charge in [-0.25, -0.2) is 17.8 Å². The van der Waals surface area contributed by atoms with Crippen molar-refractivity contribution in [1.29, 1.82) is 0 Å². The number of fused-ring (bicyclic) bond motifs is 6. The Morgan fingerprint density at radius 1 is 1.05 bits per heavy atom. The summed E-state index contributed by atoms with van der Waals surface area (Å²) in [6.07, 6.45) is 1.11. The van der Waals surface area contributed by atoms with Crippen LogP contribution in [-0.4, -0.2) is 44.6 Å². The van der Waals surface area contributed by atoms with Gasteiger partial charge in [-0.3, -0.25) is 9.10 Å². The maximum Gasteiger partial charge on any atom is 0.255 e. The van der Waals surface area contributed by atoms with Crippen LogP contribution in [0.25, 0.3) is 55.8 Å². The number of amides is 1. The van der Waals surface area contributed by atoms with Crippen molar-refractivity contribution in [2.24, 2.45) is 0 Å². The number of benzene rings is 3. The molecule has 216 valence electrons. The third-order valence-corrected chi connectivity index (χ3v) is 8.95. The van der Waals surface area contributed by atoms with Crippen LogP contribution in [-0.2, 0) is 16.6 Å². The second kappa shape index (κ2) is 9.70. The number of anilines is 1. The summed E-state index contributed by atoms with van der Waals surface area (Å²) in [4.78, 5) is 21.6. The fourth-order valence-corrected chi connectivity index (χ4v) is 6.03. The molecule has 1 amide bonds. The van der Waals surface area contributed by atoms with Gasteiger partial charge in [-0.1, -0.05) is 18.2 Å². The fraction of sp³-hybridized carbons (Fsp3) is 0.125. The lowest BCUT2D eigenvalue weighted by Crippen LogP contribution is -2.25. The van der Waals surface area contributed by atoms with Crippen molar-refractivity contribution in [1.82, 2.24) is 15.3 Å². The Morgan fingerprint density at radius 3 is 2.56 bits per heavy atom. The SMILES string of the molecule is CNC(=O)c1c(-c2ccc(F)cc2)oc2cc(N(C)S(C)(=O)=O)c(-c3ccc4c(n3)-c3[nH]c5ccccc5c3CO4)cc12. The van der Waals surface area contributed by atoms with E-state index in [1.807, 2.05) is 24.3 Å². The first-order valence-electron chi connectivity index (χ1n) is 13.4. The molecule has 0 aliphatic carbocycles. The van der Waals surface area contributed by atoms with Gasteiger partial charge in [-0.15, -0.1) is 0 Å². The average Bonchev–Trinajstić information content (AvgIpc) is 3.58. The first-order chi connectivity index (χ1) is 20.6. The Balaban J connectivity index is 1.49. The predicted octanol–water partition coefficient (Wildman–Crippen LogP) is 6.10. The largest absolute Gasteiger partial charge is 0.486 e. The van der Waals surface area contributed by atoms with E-state index in [-0.39, 0.29) is 16.9 Å². The van der Waals surface area contributed by atoms with Crippen molar-refractivity contribution in [2.45, 2.75) is 6.61 Å². The number of hydrogen-bond donors (Lipinski definition) is 2. The number of sulfonamides is 1. The van der Waals surface area contributed by atoms with Crippen LogP contribution < -0.4 is 14.4 Å². The average molecular weight is 597 g/mol. The zero-order chi connectivity index (χ0) is 30.0. The summed E-state index contributed by atoms with van der Waals surface area (Å²) in [5, 5.41) is 4.13. The molecule has 0 radical (unpaired) electrons. The molecule has 0 atom stereocenters. The molecular formula is C32H25FN4O5S. The molecule has 9 nitrogen and oxygen atoms in total. The molecule has 0 bridgehead atoms.